The van der Waals surface area contributed by atoms with Gasteiger partial charge in [0.25, 0.3) is 0 Å². The van der Waals surface area contributed by atoms with Crippen LogP contribution in [0.25, 0.3) is 0 Å². The molecule has 4 nitrogen and oxygen atoms in total. The van der Waals surface area contributed by atoms with Crippen molar-refractivity contribution in [3.63, 3.8) is 0 Å². The first-order valence-electron chi connectivity index (χ1n) is 5.70. The summed E-state index contributed by atoms with van der Waals surface area (Å²) >= 11 is 1.67. The monoisotopic (exact) mass is 267 g/mol. The molecule has 1 aromatic carbocycles. The largest absolute Gasteiger partial charge is 0.468 e. The van der Waals surface area contributed by atoms with E-state index in [0.717, 1.165) is 5.56 Å². The van der Waals surface area contributed by atoms with Gasteiger partial charge >= 0.3 is 5.97 Å². The minimum absolute atomic E-state index is 0.296. The molecule has 0 saturated carbocycles. The van der Waals surface area contributed by atoms with Gasteiger partial charge in [-0.1, -0.05) is 12.1 Å². The van der Waals surface area contributed by atoms with Crippen LogP contribution in [0.4, 0.5) is 0 Å². The van der Waals surface area contributed by atoms with E-state index in [-0.39, 0.29) is 5.97 Å². The highest BCUT2D eigenvalue weighted by Gasteiger charge is 2.52. The second-order valence-corrected chi connectivity index (χ2v) is 5.27. The van der Waals surface area contributed by atoms with Crippen LogP contribution in [-0.4, -0.2) is 32.5 Å². The van der Waals surface area contributed by atoms with Crippen LogP contribution in [-0.2, 0) is 14.3 Å². The van der Waals surface area contributed by atoms with Gasteiger partial charge in [-0.2, -0.15) is 0 Å². The lowest BCUT2D eigenvalue weighted by Crippen LogP contribution is -2.56. The van der Waals surface area contributed by atoms with E-state index >= 15 is 0 Å². The predicted octanol–water partition coefficient (Wildman–Crippen LogP) is 1.60. The molecule has 5 heteroatoms. The normalized spacial score (nSPS) is 18.8. The van der Waals surface area contributed by atoms with E-state index in [1.165, 1.54) is 12.0 Å². The Labute approximate surface area is 111 Å². The quantitative estimate of drug-likeness (QED) is 0.663. The Kier molecular flexibility index (Phi) is 3.94. The van der Waals surface area contributed by atoms with Gasteiger partial charge in [0.15, 0.2) is 0 Å². The number of benzene rings is 1. The lowest BCUT2D eigenvalue weighted by atomic mass is 9.75. The summed E-state index contributed by atoms with van der Waals surface area (Å²) in [4.78, 5) is 13.0. The summed E-state index contributed by atoms with van der Waals surface area (Å²) in [5.74, 6) is -0.296. The third-order valence-corrected chi connectivity index (χ3v) is 4.12. The minimum Gasteiger partial charge on any atom is -0.468 e. The number of thioether (sulfide) groups is 1. The molecule has 1 unspecified atom stereocenters. The molecular formula is C13H17NO3S. The van der Waals surface area contributed by atoms with Gasteiger partial charge in [0.1, 0.15) is 5.41 Å². The fourth-order valence-electron chi connectivity index (χ4n) is 2.08. The van der Waals surface area contributed by atoms with E-state index in [4.69, 9.17) is 15.2 Å². The van der Waals surface area contributed by atoms with Crippen molar-refractivity contribution in [2.75, 3.05) is 26.6 Å². The van der Waals surface area contributed by atoms with Crippen molar-refractivity contribution in [1.82, 2.24) is 0 Å². The summed E-state index contributed by atoms with van der Waals surface area (Å²) < 4.78 is 10.0. The number of esters is 1. The first kappa shape index (κ1) is 13.4. The molecular weight excluding hydrogens is 250 g/mol. The Hall–Kier alpha value is -1.04. The van der Waals surface area contributed by atoms with Crippen LogP contribution in [0.1, 0.15) is 11.6 Å². The lowest BCUT2D eigenvalue weighted by molar-refractivity contribution is -0.188. The maximum Gasteiger partial charge on any atom is 0.318 e. The van der Waals surface area contributed by atoms with Gasteiger partial charge in [0.05, 0.1) is 26.4 Å². The number of nitrogens with two attached hydrogens (primary N) is 1. The SMILES string of the molecule is COC(=O)C1(C(N)c2ccc(SC)cc2)COC1. The highest BCUT2D eigenvalue weighted by molar-refractivity contribution is 7.98. The Bertz CT molecular complexity index is 428. The van der Waals surface area contributed by atoms with Crippen LogP contribution in [0.5, 0.6) is 0 Å². The molecule has 2 N–H and O–H groups in total. The Morgan fingerprint density at radius 1 is 1.44 bits per heavy atom. The van der Waals surface area contributed by atoms with Crippen molar-refractivity contribution in [2.24, 2.45) is 11.1 Å². The van der Waals surface area contributed by atoms with Crippen LogP contribution < -0.4 is 5.73 Å². The van der Waals surface area contributed by atoms with Crippen LogP contribution in [0, 0.1) is 5.41 Å². The van der Waals surface area contributed by atoms with Crippen molar-refractivity contribution in [2.45, 2.75) is 10.9 Å². The van der Waals surface area contributed by atoms with Gasteiger partial charge in [-0.3, -0.25) is 4.79 Å². The molecule has 1 aromatic rings. The third-order valence-electron chi connectivity index (χ3n) is 3.38. The van der Waals surface area contributed by atoms with Crippen molar-refractivity contribution in [3.8, 4) is 0 Å². The average molecular weight is 267 g/mol. The van der Waals surface area contributed by atoms with E-state index in [0.29, 0.717) is 13.2 Å². The van der Waals surface area contributed by atoms with Crippen LogP contribution in [0.3, 0.4) is 0 Å². The van der Waals surface area contributed by atoms with Gasteiger partial charge < -0.3 is 15.2 Å². The standard InChI is InChI=1S/C13H17NO3S/c1-16-12(15)13(7-17-8-13)11(14)9-3-5-10(18-2)6-4-9/h3-6,11H,7-8,14H2,1-2H3. The first-order chi connectivity index (χ1) is 8.64. The zero-order chi connectivity index (χ0) is 13.2. The zero-order valence-corrected chi connectivity index (χ0v) is 11.3. The molecule has 0 aliphatic carbocycles. The molecule has 1 aliphatic heterocycles. The van der Waals surface area contributed by atoms with E-state index in [1.54, 1.807) is 11.8 Å². The molecule has 1 saturated heterocycles. The molecule has 0 spiro atoms. The fraction of sp³-hybridized carbons (Fsp3) is 0.462. The predicted molar refractivity (Wildman–Crippen MR) is 70.4 cm³/mol. The van der Waals surface area contributed by atoms with Gasteiger partial charge in [0, 0.05) is 4.90 Å². The van der Waals surface area contributed by atoms with Gasteiger partial charge in [-0.25, -0.2) is 0 Å². The molecule has 2 rings (SSSR count). The van der Waals surface area contributed by atoms with E-state index in [2.05, 4.69) is 0 Å². The number of carbonyl (C=O) groups excluding carboxylic acids is 1. The third kappa shape index (κ3) is 2.13. The molecule has 1 fully saturated rings. The topological polar surface area (TPSA) is 61.5 Å². The van der Waals surface area contributed by atoms with Crippen molar-refractivity contribution >= 4 is 17.7 Å². The molecule has 1 heterocycles. The van der Waals surface area contributed by atoms with E-state index in [1.807, 2.05) is 30.5 Å². The van der Waals surface area contributed by atoms with Gasteiger partial charge in [0.2, 0.25) is 0 Å². The summed E-state index contributed by atoms with van der Waals surface area (Å²) in [5, 5.41) is 0. The highest BCUT2D eigenvalue weighted by Crippen LogP contribution is 2.40. The van der Waals surface area contributed by atoms with Gasteiger partial charge in [-0.05, 0) is 24.0 Å². The van der Waals surface area contributed by atoms with Crippen LogP contribution in [0.2, 0.25) is 0 Å². The summed E-state index contributed by atoms with van der Waals surface area (Å²) in [5.41, 5.74) is 6.42. The van der Waals surface area contributed by atoms with Crippen molar-refractivity contribution in [3.05, 3.63) is 29.8 Å². The maximum atomic E-state index is 11.9. The number of methoxy groups -OCH3 is 1. The summed E-state index contributed by atoms with van der Waals surface area (Å²) in [6.45, 7) is 0.649. The van der Waals surface area contributed by atoms with E-state index in [9.17, 15) is 4.79 Å². The Balaban J connectivity index is 2.23. The number of ether oxygens (including phenoxy) is 2. The first-order valence-corrected chi connectivity index (χ1v) is 6.92. The molecule has 18 heavy (non-hydrogen) atoms. The minimum atomic E-state index is -0.727. The number of rotatable bonds is 4. The van der Waals surface area contributed by atoms with Crippen LogP contribution >= 0.6 is 11.8 Å². The number of hydrogen-bond donors (Lipinski definition) is 1. The Morgan fingerprint density at radius 2 is 2.06 bits per heavy atom. The second-order valence-electron chi connectivity index (χ2n) is 4.39. The zero-order valence-electron chi connectivity index (χ0n) is 10.5. The molecule has 0 radical (unpaired) electrons. The summed E-state index contributed by atoms with van der Waals surface area (Å²) in [7, 11) is 1.38. The molecule has 0 bridgehead atoms. The number of hydrogen-bond acceptors (Lipinski definition) is 5. The van der Waals surface area contributed by atoms with E-state index < -0.39 is 11.5 Å². The van der Waals surface area contributed by atoms with Crippen LogP contribution in [0.15, 0.2) is 29.2 Å². The molecule has 1 atom stereocenters. The summed E-state index contributed by atoms with van der Waals surface area (Å²) in [6, 6.07) is 7.53. The van der Waals surface area contributed by atoms with Crippen molar-refractivity contribution in [1.29, 1.82) is 0 Å². The summed E-state index contributed by atoms with van der Waals surface area (Å²) in [6.07, 6.45) is 2.02. The van der Waals surface area contributed by atoms with Gasteiger partial charge in [-0.15, -0.1) is 11.8 Å². The maximum absolute atomic E-state index is 11.9. The Morgan fingerprint density at radius 3 is 2.44 bits per heavy atom. The average Bonchev–Trinajstić information content (AvgIpc) is 2.37. The van der Waals surface area contributed by atoms with Crippen molar-refractivity contribution < 1.29 is 14.3 Å². The highest BCUT2D eigenvalue weighted by atomic mass is 32.2. The molecule has 98 valence electrons. The second kappa shape index (κ2) is 5.30. The lowest BCUT2D eigenvalue weighted by Gasteiger charge is -2.42. The fourth-order valence-corrected chi connectivity index (χ4v) is 2.49. The molecule has 0 amide bonds. The molecule has 1 aliphatic rings. The smallest absolute Gasteiger partial charge is 0.318 e. The number of carbonyl (C=O) groups is 1. The molecule has 0 aromatic heterocycles.